The molecule has 28 heavy (non-hydrogen) atoms. The van der Waals surface area contributed by atoms with Crippen molar-refractivity contribution in [1.29, 1.82) is 0 Å². The molecule has 3 heterocycles. The first-order chi connectivity index (χ1) is 13.8. The molecular formula is C22H22ClN5. The normalized spacial score (nSPS) is 14.9. The maximum absolute atomic E-state index is 6.19. The topological polar surface area (TPSA) is 56.8 Å². The fourth-order valence-electron chi connectivity index (χ4n) is 3.96. The van der Waals surface area contributed by atoms with Crippen LogP contribution in [0.4, 0.5) is 5.69 Å². The molecule has 1 saturated heterocycles. The van der Waals surface area contributed by atoms with Gasteiger partial charge in [0.1, 0.15) is 5.82 Å². The molecule has 0 unspecified atom stereocenters. The van der Waals surface area contributed by atoms with Crippen molar-refractivity contribution in [2.75, 3.05) is 31.5 Å². The molecule has 2 aromatic carbocycles. The maximum Gasteiger partial charge on any atom is 0.142 e. The van der Waals surface area contributed by atoms with Gasteiger partial charge in [0.25, 0.3) is 0 Å². The van der Waals surface area contributed by atoms with Crippen LogP contribution in [0, 0.1) is 0 Å². The molecule has 1 fully saturated rings. The molecule has 0 aliphatic carbocycles. The smallest absolute Gasteiger partial charge is 0.142 e. The number of hydrogen-bond donors (Lipinski definition) is 2. The van der Waals surface area contributed by atoms with Crippen LogP contribution < -0.4 is 5.32 Å². The SMILES string of the molecule is Clc1ccc2c(NCCN3CCCC3)c(-c3nc4ccccc4[nH]3)cnc2c1. The Morgan fingerprint density at radius 3 is 2.79 bits per heavy atom. The Hall–Kier alpha value is -2.63. The van der Waals surface area contributed by atoms with Crippen LogP contribution in [0.3, 0.4) is 0 Å². The van der Waals surface area contributed by atoms with E-state index in [4.69, 9.17) is 16.6 Å². The van der Waals surface area contributed by atoms with Crippen molar-refractivity contribution in [3.05, 3.63) is 53.7 Å². The number of benzene rings is 2. The Kier molecular flexibility index (Phi) is 4.63. The summed E-state index contributed by atoms with van der Waals surface area (Å²) in [4.78, 5) is 15.4. The van der Waals surface area contributed by atoms with Crippen LogP contribution in [0.2, 0.25) is 5.02 Å². The number of pyridine rings is 1. The molecule has 142 valence electrons. The summed E-state index contributed by atoms with van der Waals surface area (Å²) in [6, 6.07) is 13.9. The number of imidazole rings is 1. The summed E-state index contributed by atoms with van der Waals surface area (Å²) < 4.78 is 0. The van der Waals surface area contributed by atoms with Gasteiger partial charge in [0, 0.05) is 29.7 Å². The predicted octanol–water partition coefficient (Wildman–Crippen LogP) is 4.94. The number of likely N-dealkylation sites (tertiary alicyclic amines) is 1. The van der Waals surface area contributed by atoms with Gasteiger partial charge in [-0.2, -0.15) is 0 Å². The molecular weight excluding hydrogens is 370 g/mol. The van der Waals surface area contributed by atoms with Crippen molar-refractivity contribution in [2.45, 2.75) is 12.8 Å². The minimum atomic E-state index is 0.694. The van der Waals surface area contributed by atoms with Crippen LogP contribution in [0.25, 0.3) is 33.3 Å². The number of nitrogens with one attached hydrogen (secondary N) is 2. The molecule has 4 aromatic rings. The number of fused-ring (bicyclic) bond motifs is 2. The van der Waals surface area contributed by atoms with E-state index in [9.17, 15) is 0 Å². The van der Waals surface area contributed by atoms with Gasteiger partial charge in [-0.1, -0.05) is 23.7 Å². The highest BCUT2D eigenvalue weighted by Crippen LogP contribution is 2.34. The molecule has 1 aliphatic heterocycles. The number of nitrogens with zero attached hydrogens (tertiary/aromatic N) is 3. The highest BCUT2D eigenvalue weighted by atomic mass is 35.5. The first-order valence-electron chi connectivity index (χ1n) is 9.77. The minimum absolute atomic E-state index is 0.694. The maximum atomic E-state index is 6.19. The zero-order chi connectivity index (χ0) is 18.9. The third-order valence-electron chi connectivity index (χ3n) is 5.40. The molecule has 0 atom stereocenters. The average Bonchev–Trinajstić information content (AvgIpc) is 3.37. The number of H-pyrrole nitrogens is 1. The summed E-state index contributed by atoms with van der Waals surface area (Å²) >= 11 is 6.19. The lowest BCUT2D eigenvalue weighted by atomic mass is 10.1. The van der Waals surface area contributed by atoms with E-state index in [0.29, 0.717) is 5.02 Å². The van der Waals surface area contributed by atoms with E-state index >= 15 is 0 Å². The molecule has 0 spiro atoms. The van der Waals surface area contributed by atoms with Crippen LogP contribution in [-0.2, 0) is 0 Å². The molecule has 0 radical (unpaired) electrons. The van der Waals surface area contributed by atoms with Gasteiger partial charge in [0.15, 0.2) is 0 Å². The highest BCUT2D eigenvalue weighted by molar-refractivity contribution is 6.31. The largest absolute Gasteiger partial charge is 0.383 e. The Labute approximate surface area is 168 Å². The van der Waals surface area contributed by atoms with Crippen molar-refractivity contribution in [3.63, 3.8) is 0 Å². The quantitative estimate of drug-likeness (QED) is 0.506. The lowest BCUT2D eigenvalue weighted by molar-refractivity contribution is 0.353. The standard InChI is InChI=1S/C22H22ClN5/c23-15-7-8-16-20(13-15)25-14-17(21(16)24-9-12-28-10-3-4-11-28)22-26-18-5-1-2-6-19(18)27-22/h1-2,5-8,13-14H,3-4,9-12H2,(H,24,25)(H,26,27). The molecule has 2 N–H and O–H groups in total. The Morgan fingerprint density at radius 1 is 1.07 bits per heavy atom. The molecule has 1 aliphatic rings. The van der Waals surface area contributed by atoms with Crippen molar-refractivity contribution < 1.29 is 0 Å². The fraction of sp³-hybridized carbons (Fsp3) is 0.273. The summed E-state index contributed by atoms with van der Waals surface area (Å²) in [5, 5.41) is 5.41. The minimum Gasteiger partial charge on any atom is -0.383 e. The van der Waals surface area contributed by atoms with E-state index in [-0.39, 0.29) is 0 Å². The van der Waals surface area contributed by atoms with Gasteiger partial charge < -0.3 is 15.2 Å². The van der Waals surface area contributed by atoms with Gasteiger partial charge in [-0.15, -0.1) is 0 Å². The fourth-order valence-corrected chi connectivity index (χ4v) is 4.13. The molecule has 2 aromatic heterocycles. The van der Waals surface area contributed by atoms with Crippen molar-refractivity contribution in [1.82, 2.24) is 19.9 Å². The number of aromatic amines is 1. The second-order valence-corrected chi connectivity index (χ2v) is 7.72. The number of aromatic nitrogens is 3. The van der Waals surface area contributed by atoms with Crippen LogP contribution in [0.1, 0.15) is 12.8 Å². The van der Waals surface area contributed by atoms with E-state index < -0.39 is 0 Å². The van der Waals surface area contributed by atoms with Gasteiger partial charge in [-0.25, -0.2) is 4.98 Å². The zero-order valence-electron chi connectivity index (χ0n) is 15.6. The Balaban J connectivity index is 1.55. The molecule has 0 amide bonds. The zero-order valence-corrected chi connectivity index (χ0v) is 16.3. The lowest BCUT2D eigenvalue weighted by Crippen LogP contribution is -2.26. The second-order valence-electron chi connectivity index (χ2n) is 7.29. The van der Waals surface area contributed by atoms with Gasteiger partial charge >= 0.3 is 0 Å². The van der Waals surface area contributed by atoms with E-state index in [1.165, 1.54) is 25.9 Å². The number of anilines is 1. The van der Waals surface area contributed by atoms with Crippen LogP contribution in [0.5, 0.6) is 0 Å². The van der Waals surface area contributed by atoms with Crippen molar-refractivity contribution in [2.24, 2.45) is 0 Å². The Bertz CT molecular complexity index is 1100. The van der Waals surface area contributed by atoms with Crippen LogP contribution in [0.15, 0.2) is 48.7 Å². The second kappa shape index (κ2) is 7.41. The first-order valence-corrected chi connectivity index (χ1v) is 10.2. The monoisotopic (exact) mass is 391 g/mol. The van der Waals surface area contributed by atoms with E-state index in [2.05, 4.69) is 20.2 Å². The number of halogens is 1. The van der Waals surface area contributed by atoms with E-state index in [1.54, 1.807) is 0 Å². The van der Waals surface area contributed by atoms with Crippen LogP contribution in [-0.4, -0.2) is 46.0 Å². The summed E-state index contributed by atoms with van der Waals surface area (Å²) in [5.41, 5.74) is 4.90. The van der Waals surface area contributed by atoms with Crippen molar-refractivity contribution in [3.8, 4) is 11.4 Å². The van der Waals surface area contributed by atoms with E-state index in [1.807, 2.05) is 48.7 Å². The summed E-state index contributed by atoms with van der Waals surface area (Å²) in [7, 11) is 0. The molecule has 5 rings (SSSR count). The molecule has 6 heteroatoms. The van der Waals surface area contributed by atoms with E-state index in [0.717, 1.165) is 52.1 Å². The summed E-state index contributed by atoms with van der Waals surface area (Å²) in [5.74, 6) is 0.828. The number of hydrogen-bond acceptors (Lipinski definition) is 4. The average molecular weight is 392 g/mol. The lowest BCUT2D eigenvalue weighted by Gasteiger charge is -2.18. The highest BCUT2D eigenvalue weighted by Gasteiger charge is 2.16. The first kappa shape index (κ1) is 17.5. The third-order valence-corrected chi connectivity index (χ3v) is 5.64. The van der Waals surface area contributed by atoms with Gasteiger partial charge in [0.2, 0.25) is 0 Å². The number of para-hydroxylation sites is 2. The third kappa shape index (κ3) is 3.32. The van der Waals surface area contributed by atoms with Gasteiger partial charge in [0.05, 0.1) is 27.8 Å². The summed E-state index contributed by atoms with van der Waals surface area (Å²) in [6.45, 7) is 4.32. The molecule has 5 nitrogen and oxygen atoms in total. The van der Waals surface area contributed by atoms with Crippen LogP contribution >= 0.6 is 11.6 Å². The van der Waals surface area contributed by atoms with Gasteiger partial charge in [-0.05, 0) is 56.3 Å². The summed E-state index contributed by atoms with van der Waals surface area (Å²) in [6.07, 6.45) is 4.50. The molecule has 0 saturated carbocycles. The van der Waals surface area contributed by atoms with Gasteiger partial charge in [-0.3, -0.25) is 4.98 Å². The molecule has 0 bridgehead atoms. The predicted molar refractivity (Wildman–Crippen MR) is 116 cm³/mol. The number of rotatable bonds is 5. The van der Waals surface area contributed by atoms with Crippen molar-refractivity contribution >= 4 is 39.2 Å². The Morgan fingerprint density at radius 2 is 1.93 bits per heavy atom.